The molecule has 1 N–H and O–H groups in total. The molecule has 7 nitrogen and oxygen atoms in total. The van der Waals surface area contributed by atoms with Crippen LogP contribution in [0, 0.1) is 13.8 Å². The van der Waals surface area contributed by atoms with Crippen LogP contribution in [-0.4, -0.2) is 29.8 Å². The Morgan fingerprint density at radius 2 is 1.72 bits per heavy atom. The number of hydrogen-bond acceptors (Lipinski definition) is 6. The van der Waals surface area contributed by atoms with Crippen molar-refractivity contribution in [3.8, 4) is 34.3 Å². The molecule has 7 heteroatoms. The molecule has 162 valence electrons. The van der Waals surface area contributed by atoms with E-state index in [-0.39, 0.29) is 12.5 Å². The fraction of sp³-hybridized carbons (Fsp3) is 0.160. The second-order valence-electron chi connectivity index (χ2n) is 7.31. The van der Waals surface area contributed by atoms with Gasteiger partial charge in [-0.3, -0.25) is 4.79 Å². The Labute approximate surface area is 186 Å². The van der Waals surface area contributed by atoms with E-state index in [0.29, 0.717) is 28.8 Å². The summed E-state index contributed by atoms with van der Waals surface area (Å²) in [5, 5.41) is 6.91. The zero-order chi connectivity index (χ0) is 22.5. The molecular formula is C25H23N3O4. The van der Waals surface area contributed by atoms with Crippen LogP contribution < -0.4 is 14.8 Å². The molecule has 0 saturated carbocycles. The van der Waals surface area contributed by atoms with Crippen LogP contribution in [0.25, 0.3) is 22.8 Å². The highest BCUT2D eigenvalue weighted by atomic mass is 16.5. The zero-order valence-electron chi connectivity index (χ0n) is 18.1. The summed E-state index contributed by atoms with van der Waals surface area (Å²) < 4.78 is 16.5. The lowest BCUT2D eigenvalue weighted by atomic mass is 10.1. The summed E-state index contributed by atoms with van der Waals surface area (Å²) in [4.78, 5) is 16.8. The molecular weight excluding hydrogens is 406 g/mol. The summed E-state index contributed by atoms with van der Waals surface area (Å²) in [6, 6.07) is 20.7. The molecule has 4 rings (SSSR count). The van der Waals surface area contributed by atoms with Gasteiger partial charge in [-0.25, -0.2) is 0 Å². The first-order valence-corrected chi connectivity index (χ1v) is 10.1. The molecule has 0 aliphatic heterocycles. The van der Waals surface area contributed by atoms with Crippen molar-refractivity contribution in [1.82, 2.24) is 10.1 Å². The lowest BCUT2D eigenvalue weighted by molar-refractivity contribution is -0.118. The maximum absolute atomic E-state index is 12.3. The fourth-order valence-electron chi connectivity index (χ4n) is 3.12. The summed E-state index contributed by atoms with van der Waals surface area (Å²) in [7, 11) is 1.54. The first-order chi connectivity index (χ1) is 15.5. The Balaban J connectivity index is 1.45. The number of carbonyl (C=O) groups excluding carboxylic acids is 1. The molecule has 1 amide bonds. The van der Waals surface area contributed by atoms with Crippen LogP contribution in [0.5, 0.6) is 11.5 Å². The van der Waals surface area contributed by atoms with Crippen molar-refractivity contribution in [3.63, 3.8) is 0 Å². The molecule has 0 bridgehead atoms. The summed E-state index contributed by atoms with van der Waals surface area (Å²) in [5.41, 5.74) is 4.45. The highest BCUT2D eigenvalue weighted by molar-refractivity contribution is 5.92. The van der Waals surface area contributed by atoms with Crippen molar-refractivity contribution in [2.24, 2.45) is 0 Å². The van der Waals surface area contributed by atoms with Gasteiger partial charge in [-0.05, 0) is 55.8 Å². The van der Waals surface area contributed by atoms with Gasteiger partial charge in [0.1, 0.15) is 0 Å². The largest absolute Gasteiger partial charge is 0.493 e. The molecule has 0 aliphatic rings. The number of methoxy groups -OCH3 is 1. The number of hydrogen-bond donors (Lipinski definition) is 1. The Morgan fingerprint density at radius 1 is 0.969 bits per heavy atom. The molecule has 1 heterocycles. The number of carbonyl (C=O) groups is 1. The molecule has 3 aromatic carbocycles. The first kappa shape index (κ1) is 21.1. The number of benzene rings is 3. The predicted octanol–water partition coefficient (Wildman–Crippen LogP) is 5.05. The van der Waals surface area contributed by atoms with Crippen molar-refractivity contribution in [3.05, 3.63) is 77.9 Å². The normalized spacial score (nSPS) is 10.6. The number of rotatable bonds is 7. The molecule has 0 fully saturated rings. The lowest BCUT2D eigenvalue weighted by Crippen LogP contribution is -2.20. The molecule has 0 spiro atoms. The maximum atomic E-state index is 12.3. The highest BCUT2D eigenvalue weighted by Crippen LogP contribution is 2.32. The monoisotopic (exact) mass is 429 g/mol. The molecule has 0 radical (unpaired) electrons. The minimum atomic E-state index is -0.258. The van der Waals surface area contributed by atoms with E-state index in [9.17, 15) is 4.79 Å². The Hall–Kier alpha value is -4.13. The minimum Gasteiger partial charge on any atom is -0.493 e. The summed E-state index contributed by atoms with van der Waals surface area (Å²) >= 11 is 0. The number of nitrogens with zero attached hydrogens (tertiary/aromatic N) is 2. The second kappa shape index (κ2) is 9.34. The van der Waals surface area contributed by atoms with Crippen LogP contribution in [0.1, 0.15) is 11.1 Å². The zero-order valence-corrected chi connectivity index (χ0v) is 18.1. The number of ether oxygens (including phenoxy) is 2. The van der Waals surface area contributed by atoms with Gasteiger partial charge in [0.25, 0.3) is 11.8 Å². The van der Waals surface area contributed by atoms with Gasteiger partial charge in [0, 0.05) is 16.8 Å². The highest BCUT2D eigenvalue weighted by Gasteiger charge is 2.14. The third-order valence-corrected chi connectivity index (χ3v) is 4.92. The van der Waals surface area contributed by atoms with Crippen molar-refractivity contribution in [1.29, 1.82) is 0 Å². The number of para-hydroxylation sites is 1. The average molecular weight is 429 g/mol. The maximum Gasteiger partial charge on any atom is 0.262 e. The number of anilines is 1. The van der Waals surface area contributed by atoms with Gasteiger partial charge in [-0.2, -0.15) is 4.98 Å². The molecule has 0 saturated heterocycles. The van der Waals surface area contributed by atoms with Crippen LogP contribution in [0.3, 0.4) is 0 Å². The Bertz CT molecular complexity index is 1230. The first-order valence-electron chi connectivity index (χ1n) is 10.1. The van der Waals surface area contributed by atoms with Crippen LogP contribution in [0.2, 0.25) is 0 Å². The Morgan fingerprint density at radius 3 is 2.47 bits per heavy atom. The Kier molecular flexibility index (Phi) is 6.17. The number of aromatic nitrogens is 2. The van der Waals surface area contributed by atoms with Crippen molar-refractivity contribution in [2.45, 2.75) is 13.8 Å². The van der Waals surface area contributed by atoms with E-state index in [4.69, 9.17) is 14.0 Å². The molecule has 0 unspecified atom stereocenters. The van der Waals surface area contributed by atoms with E-state index < -0.39 is 0 Å². The molecule has 0 atom stereocenters. The van der Waals surface area contributed by atoms with Gasteiger partial charge >= 0.3 is 0 Å². The van der Waals surface area contributed by atoms with Gasteiger partial charge in [0.05, 0.1) is 7.11 Å². The third-order valence-electron chi connectivity index (χ3n) is 4.92. The summed E-state index contributed by atoms with van der Waals surface area (Å²) in [5.74, 6) is 1.52. The smallest absolute Gasteiger partial charge is 0.262 e. The summed E-state index contributed by atoms with van der Waals surface area (Å²) in [6.07, 6.45) is 0. The summed E-state index contributed by atoms with van der Waals surface area (Å²) in [6.45, 7) is 3.80. The van der Waals surface area contributed by atoms with Crippen molar-refractivity contribution in [2.75, 3.05) is 19.0 Å². The SMILES string of the molecule is COc1cc(-c2noc(-c3ccc(C)cc3)n2)ccc1OCC(=O)Nc1ccccc1C. The van der Waals surface area contributed by atoms with Crippen molar-refractivity contribution < 1.29 is 18.8 Å². The molecule has 1 aromatic heterocycles. The molecule has 4 aromatic rings. The van der Waals surface area contributed by atoms with Gasteiger partial charge < -0.3 is 19.3 Å². The average Bonchev–Trinajstić information content (AvgIpc) is 3.30. The van der Waals surface area contributed by atoms with Crippen LogP contribution in [0.4, 0.5) is 5.69 Å². The predicted molar refractivity (Wildman–Crippen MR) is 122 cm³/mol. The third kappa shape index (κ3) is 4.78. The van der Waals surface area contributed by atoms with Crippen LogP contribution in [0.15, 0.2) is 71.3 Å². The fourth-order valence-corrected chi connectivity index (χ4v) is 3.12. The van der Waals surface area contributed by atoms with E-state index in [0.717, 1.165) is 22.4 Å². The second-order valence-corrected chi connectivity index (χ2v) is 7.31. The van der Waals surface area contributed by atoms with E-state index in [2.05, 4.69) is 15.5 Å². The lowest BCUT2D eigenvalue weighted by Gasteiger charge is -2.12. The quantitative estimate of drug-likeness (QED) is 0.443. The van der Waals surface area contributed by atoms with Crippen LogP contribution >= 0.6 is 0 Å². The molecule has 32 heavy (non-hydrogen) atoms. The van der Waals surface area contributed by atoms with E-state index in [1.807, 2.05) is 62.4 Å². The van der Waals surface area contributed by atoms with Gasteiger partial charge in [0.15, 0.2) is 18.1 Å². The van der Waals surface area contributed by atoms with Crippen LogP contribution in [-0.2, 0) is 4.79 Å². The number of amides is 1. The van der Waals surface area contributed by atoms with E-state index in [1.165, 1.54) is 7.11 Å². The van der Waals surface area contributed by atoms with E-state index >= 15 is 0 Å². The van der Waals surface area contributed by atoms with Gasteiger partial charge in [-0.15, -0.1) is 0 Å². The molecule has 0 aliphatic carbocycles. The number of nitrogens with one attached hydrogen (secondary N) is 1. The minimum absolute atomic E-state index is 0.149. The van der Waals surface area contributed by atoms with Crippen molar-refractivity contribution >= 4 is 11.6 Å². The standard InChI is InChI=1S/C25H23N3O4/c1-16-8-10-18(11-9-16)25-27-24(28-32-25)19-12-13-21(22(14-19)30-3)31-15-23(29)26-20-7-5-4-6-17(20)2/h4-14H,15H2,1-3H3,(H,26,29). The number of aryl methyl sites for hydroxylation is 2. The van der Waals surface area contributed by atoms with Gasteiger partial charge in [-0.1, -0.05) is 41.1 Å². The van der Waals surface area contributed by atoms with E-state index in [1.54, 1.807) is 18.2 Å². The van der Waals surface area contributed by atoms with Gasteiger partial charge in [0.2, 0.25) is 5.82 Å². The topological polar surface area (TPSA) is 86.5 Å².